The van der Waals surface area contributed by atoms with Crippen molar-refractivity contribution in [3.8, 4) is 0 Å². The highest BCUT2D eigenvalue weighted by molar-refractivity contribution is 9.10. The van der Waals surface area contributed by atoms with Crippen LogP contribution in [0.3, 0.4) is 0 Å². The predicted molar refractivity (Wildman–Crippen MR) is 84.6 cm³/mol. The maximum atomic E-state index is 10.9. The van der Waals surface area contributed by atoms with E-state index >= 15 is 0 Å². The van der Waals surface area contributed by atoms with E-state index in [1.54, 1.807) is 6.92 Å². The summed E-state index contributed by atoms with van der Waals surface area (Å²) < 4.78 is 0.700. The molecular formula is C14H19BrN4O2. The molecule has 1 N–H and O–H groups in total. The highest BCUT2D eigenvalue weighted by Crippen LogP contribution is 2.34. The van der Waals surface area contributed by atoms with Gasteiger partial charge in [0.05, 0.1) is 9.40 Å². The lowest BCUT2D eigenvalue weighted by molar-refractivity contribution is -0.385. The number of piperidine rings is 1. The second-order valence-electron chi connectivity index (χ2n) is 5.83. The van der Waals surface area contributed by atoms with Crippen molar-refractivity contribution < 1.29 is 4.92 Å². The summed E-state index contributed by atoms with van der Waals surface area (Å²) >= 11 is 3.45. The summed E-state index contributed by atoms with van der Waals surface area (Å²) in [7, 11) is 0. The lowest BCUT2D eigenvalue weighted by atomic mass is 9.99. The van der Waals surface area contributed by atoms with Crippen molar-refractivity contribution in [3.63, 3.8) is 0 Å². The molecule has 2 aliphatic rings. The van der Waals surface area contributed by atoms with Gasteiger partial charge in [0.25, 0.3) is 5.69 Å². The largest absolute Gasteiger partial charge is 0.365 e. The Morgan fingerprint density at radius 3 is 3.00 bits per heavy atom. The van der Waals surface area contributed by atoms with Gasteiger partial charge in [0, 0.05) is 24.2 Å². The average molecular weight is 355 g/mol. The molecule has 1 aromatic rings. The van der Waals surface area contributed by atoms with Gasteiger partial charge in [-0.1, -0.05) is 6.42 Å². The van der Waals surface area contributed by atoms with Crippen LogP contribution in [-0.4, -0.2) is 40.0 Å². The minimum atomic E-state index is -0.394. The molecule has 2 aliphatic heterocycles. The van der Waals surface area contributed by atoms with E-state index in [1.807, 2.05) is 0 Å². The molecule has 2 saturated heterocycles. The zero-order valence-electron chi connectivity index (χ0n) is 12.0. The van der Waals surface area contributed by atoms with Crippen molar-refractivity contribution in [1.29, 1.82) is 0 Å². The highest BCUT2D eigenvalue weighted by atomic mass is 79.9. The van der Waals surface area contributed by atoms with Crippen molar-refractivity contribution in [2.75, 3.05) is 18.4 Å². The van der Waals surface area contributed by atoms with Crippen molar-refractivity contribution in [2.45, 2.75) is 44.7 Å². The molecule has 0 saturated carbocycles. The number of fused-ring (bicyclic) bond motifs is 1. The fourth-order valence-corrected chi connectivity index (χ4v) is 3.87. The third-order valence-corrected chi connectivity index (χ3v) is 5.58. The van der Waals surface area contributed by atoms with Crippen LogP contribution in [0.5, 0.6) is 0 Å². The molecule has 0 radical (unpaired) electrons. The molecule has 0 amide bonds. The Bertz CT molecular complexity index is 566. The first kappa shape index (κ1) is 14.7. The molecule has 0 bridgehead atoms. The van der Waals surface area contributed by atoms with Crippen LogP contribution in [-0.2, 0) is 0 Å². The van der Waals surface area contributed by atoms with Gasteiger partial charge in [-0.05, 0) is 48.7 Å². The molecule has 7 heteroatoms. The molecule has 114 valence electrons. The number of halogens is 1. The van der Waals surface area contributed by atoms with Gasteiger partial charge < -0.3 is 5.32 Å². The molecular weight excluding hydrogens is 336 g/mol. The van der Waals surface area contributed by atoms with Crippen LogP contribution in [0.4, 0.5) is 11.5 Å². The molecule has 3 heterocycles. The van der Waals surface area contributed by atoms with Gasteiger partial charge in [-0.3, -0.25) is 15.0 Å². The van der Waals surface area contributed by atoms with E-state index in [9.17, 15) is 10.1 Å². The van der Waals surface area contributed by atoms with Gasteiger partial charge in [0.2, 0.25) is 0 Å². The van der Waals surface area contributed by atoms with Gasteiger partial charge in [0.1, 0.15) is 12.0 Å². The summed E-state index contributed by atoms with van der Waals surface area (Å²) in [5, 5.41) is 14.4. The standard InChI is InChI=1S/C14H19BrN4O2/c1-9-12(19(20)21)8-16-14(13(9)15)17-10-5-7-18-6-3-2-4-11(10)18/h8,10-11H,2-7H2,1H3,(H,16,17). The van der Waals surface area contributed by atoms with Gasteiger partial charge >= 0.3 is 0 Å². The molecule has 3 rings (SSSR count). The van der Waals surface area contributed by atoms with Crippen molar-refractivity contribution in [3.05, 3.63) is 26.3 Å². The van der Waals surface area contributed by atoms with Crippen LogP contribution in [0, 0.1) is 17.0 Å². The molecule has 21 heavy (non-hydrogen) atoms. The van der Waals surface area contributed by atoms with Crippen LogP contribution in [0.25, 0.3) is 0 Å². The number of hydrogen-bond donors (Lipinski definition) is 1. The van der Waals surface area contributed by atoms with Gasteiger partial charge in [-0.25, -0.2) is 4.98 Å². The minimum Gasteiger partial charge on any atom is -0.365 e. The lowest BCUT2D eigenvalue weighted by Gasteiger charge is -2.32. The Morgan fingerprint density at radius 1 is 1.43 bits per heavy atom. The summed E-state index contributed by atoms with van der Waals surface area (Å²) in [5.41, 5.74) is 0.675. The van der Waals surface area contributed by atoms with Crippen LogP contribution in [0.1, 0.15) is 31.2 Å². The van der Waals surface area contributed by atoms with Gasteiger partial charge in [-0.15, -0.1) is 0 Å². The number of rotatable bonds is 3. The zero-order valence-corrected chi connectivity index (χ0v) is 13.6. The topological polar surface area (TPSA) is 71.3 Å². The molecule has 1 aromatic heterocycles. The van der Waals surface area contributed by atoms with Crippen molar-refractivity contribution in [2.24, 2.45) is 0 Å². The number of nitrogens with zero attached hydrogens (tertiary/aromatic N) is 3. The van der Waals surface area contributed by atoms with Crippen molar-refractivity contribution in [1.82, 2.24) is 9.88 Å². The first-order valence-electron chi connectivity index (χ1n) is 7.38. The first-order chi connectivity index (χ1) is 10.1. The molecule has 6 nitrogen and oxygen atoms in total. The first-order valence-corrected chi connectivity index (χ1v) is 8.17. The highest BCUT2D eigenvalue weighted by Gasteiger charge is 2.36. The average Bonchev–Trinajstić information content (AvgIpc) is 2.87. The monoisotopic (exact) mass is 354 g/mol. The van der Waals surface area contributed by atoms with E-state index in [1.165, 1.54) is 32.0 Å². The maximum Gasteiger partial charge on any atom is 0.291 e. The zero-order chi connectivity index (χ0) is 15.0. The van der Waals surface area contributed by atoms with Crippen LogP contribution < -0.4 is 5.32 Å². The summed E-state index contributed by atoms with van der Waals surface area (Å²) in [6.45, 7) is 4.07. The lowest BCUT2D eigenvalue weighted by Crippen LogP contribution is -2.41. The predicted octanol–water partition coefficient (Wildman–Crippen LogP) is 3.10. The number of hydrogen-bond acceptors (Lipinski definition) is 5. The normalized spacial score (nSPS) is 25.6. The SMILES string of the molecule is Cc1c([N+](=O)[O-])cnc(NC2CCN3CCCCC23)c1Br. The molecule has 0 spiro atoms. The number of aromatic nitrogens is 1. The maximum absolute atomic E-state index is 10.9. The Balaban J connectivity index is 1.79. The van der Waals surface area contributed by atoms with Crippen LogP contribution in [0.15, 0.2) is 10.7 Å². The van der Waals surface area contributed by atoms with E-state index in [0.29, 0.717) is 22.1 Å². The second-order valence-corrected chi connectivity index (χ2v) is 6.62. The third-order valence-electron chi connectivity index (χ3n) is 4.61. The van der Waals surface area contributed by atoms with Gasteiger partial charge in [-0.2, -0.15) is 0 Å². The molecule has 0 aromatic carbocycles. The van der Waals surface area contributed by atoms with Gasteiger partial charge in [0.15, 0.2) is 0 Å². The van der Waals surface area contributed by atoms with E-state index in [4.69, 9.17) is 0 Å². The van der Waals surface area contributed by atoms with E-state index in [-0.39, 0.29) is 5.69 Å². The Hall–Kier alpha value is -1.21. The minimum absolute atomic E-state index is 0.0538. The fraction of sp³-hybridized carbons (Fsp3) is 0.643. The van der Waals surface area contributed by atoms with E-state index < -0.39 is 4.92 Å². The third kappa shape index (κ3) is 2.76. The van der Waals surface area contributed by atoms with Crippen LogP contribution in [0.2, 0.25) is 0 Å². The molecule has 0 aliphatic carbocycles. The van der Waals surface area contributed by atoms with Crippen molar-refractivity contribution >= 4 is 27.4 Å². The van der Waals surface area contributed by atoms with E-state index in [0.717, 1.165) is 18.8 Å². The summed E-state index contributed by atoms with van der Waals surface area (Å²) in [6.07, 6.45) is 6.25. The fourth-order valence-electron chi connectivity index (χ4n) is 3.45. The number of nitro groups is 1. The Labute approximate surface area is 132 Å². The number of anilines is 1. The molecule has 2 fully saturated rings. The van der Waals surface area contributed by atoms with E-state index in [2.05, 4.69) is 31.1 Å². The molecule has 2 atom stereocenters. The second kappa shape index (κ2) is 5.88. The quantitative estimate of drug-likeness (QED) is 0.666. The van der Waals surface area contributed by atoms with Crippen LogP contribution >= 0.6 is 15.9 Å². The smallest absolute Gasteiger partial charge is 0.291 e. The Kier molecular flexibility index (Phi) is 4.12. The number of nitrogens with one attached hydrogen (secondary N) is 1. The Morgan fingerprint density at radius 2 is 2.24 bits per heavy atom. The summed E-state index contributed by atoms with van der Waals surface area (Å²) in [5.74, 6) is 0.718. The summed E-state index contributed by atoms with van der Waals surface area (Å²) in [4.78, 5) is 17.3. The summed E-state index contributed by atoms with van der Waals surface area (Å²) in [6, 6.07) is 0.956. The molecule has 2 unspecified atom stereocenters. The number of pyridine rings is 1.